The first-order valence-corrected chi connectivity index (χ1v) is 9.95. The molecule has 0 unspecified atom stereocenters. The highest BCUT2D eigenvalue weighted by Crippen LogP contribution is 2.33. The summed E-state index contributed by atoms with van der Waals surface area (Å²) in [6.07, 6.45) is 2.85. The molecule has 1 saturated carbocycles. The predicted molar refractivity (Wildman–Crippen MR) is 112 cm³/mol. The van der Waals surface area contributed by atoms with Gasteiger partial charge in [-0.25, -0.2) is 0 Å². The van der Waals surface area contributed by atoms with Crippen molar-refractivity contribution in [2.45, 2.75) is 32.2 Å². The smallest absolute Gasteiger partial charge is 0.227 e. The zero-order valence-electron chi connectivity index (χ0n) is 16.9. The van der Waals surface area contributed by atoms with E-state index in [1.165, 1.54) is 0 Å². The van der Waals surface area contributed by atoms with Crippen molar-refractivity contribution in [1.82, 2.24) is 5.32 Å². The summed E-state index contributed by atoms with van der Waals surface area (Å²) in [4.78, 5) is 25.1. The number of hydrogen-bond acceptors (Lipinski definition) is 4. The van der Waals surface area contributed by atoms with Crippen LogP contribution in [-0.4, -0.2) is 26.0 Å². The van der Waals surface area contributed by atoms with Crippen molar-refractivity contribution >= 4 is 17.5 Å². The molecule has 6 heteroatoms. The Hall–Kier alpha value is -3.02. The molecule has 154 valence electrons. The summed E-state index contributed by atoms with van der Waals surface area (Å²) >= 11 is 0. The minimum Gasteiger partial charge on any atom is -0.497 e. The van der Waals surface area contributed by atoms with Gasteiger partial charge < -0.3 is 20.1 Å². The van der Waals surface area contributed by atoms with E-state index in [1.807, 2.05) is 30.3 Å². The summed E-state index contributed by atoms with van der Waals surface area (Å²) in [6, 6.07) is 15.2. The highest BCUT2D eigenvalue weighted by molar-refractivity contribution is 5.94. The van der Waals surface area contributed by atoms with E-state index in [9.17, 15) is 9.59 Å². The molecule has 2 aromatic carbocycles. The lowest BCUT2D eigenvalue weighted by Gasteiger charge is -2.27. The second kappa shape index (κ2) is 9.96. The van der Waals surface area contributed by atoms with Crippen molar-refractivity contribution in [1.29, 1.82) is 0 Å². The number of amides is 2. The Bertz CT molecular complexity index is 830. The largest absolute Gasteiger partial charge is 0.497 e. The number of nitrogens with one attached hydrogen (secondary N) is 2. The molecule has 0 aliphatic heterocycles. The lowest BCUT2D eigenvalue weighted by Crippen LogP contribution is -2.35. The highest BCUT2D eigenvalue weighted by atomic mass is 16.5. The standard InChI is InChI=1S/C23H28N2O4/c1-28-19-12-13-20(21(14-19)29-2)25-23(27)18-10-8-17(9-11-18)22(26)24-15-16-6-4-3-5-7-16/h3-7,12-14,17-18H,8-11,15H2,1-2H3,(H,24,26)(H,25,27). The van der Waals surface area contributed by atoms with Gasteiger partial charge in [-0.3, -0.25) is 9.59 Å². The summed E-state index contributed by atoms with van der Waals surface area (Å²) in [6.45, 7) is 0.539. The van der Waals surface area contributed by atoms with Gasteiger partial charge in [-0.15, -0.1) is 0 Å². The summed E-state index contributed by atoms with van der Waals surface area (Å²) in [5.41, 5.74) is 1.71. The van der Waals surface area contributed by atoms with E-state index < -0.39 is 0 Å². The first-order valence-electron chi connectivity index (χ1n) is 9.95. The van der Waals surface area contributed by atoms with Gasteiger partial charge in [-0.05, 0) is 43.4 Å². The van der Waals surface area contributed by atoms with Crippen molar-refractivity contribution in [2.24, 2.45) is 11.8 Å². The van der Waals surface area contributed by atoms with Crippen LogP contribution in [0.1, 0.15) is 31.2 Å². The average molecular weight is 396 g/mol. The number of methoxy groups -OCH3 is 2. The maximum absolute atomic E-state index is 12.7. The fraction of sp³-hybridized carbons (Fsp3) is 0.391. The van der Waals surface area contributed by atoms with Crippen LogP contribution in [0, 0.1) is 11.8 Å². The molecule has 1 aliphatic rings. The third kappa shape index (κ3) is 5.50. The van der Waals surface area contributed by atoms with Gasteiger partial charge in [-0.1, -0.05) is 30.3 Å². The van der Waals surface area contributed by atoms with E-state index in [1.54, 1.807) is 32.4 Å². The molecule has 1 fully saturated rings. The molecule has 0 atom stereocenters. The second-order valence-corrected chi connectivity index (χ2v) is 7.31. The van der Waals surface area contributed by atoms with Gasteiger partial charge in [0.15, 0.2) is 0 Å². The Labute approximate surface area is 171 Å². The van der Waals surface area contributed by atoms with Gasteiger partial charge in [0.05, 0.1) is 19.9 Å². The molecule has 2 N–H and O–H groups in total. The number of carbonyl (C=O) groups excluding carboxylic acids is 2. The SMILES string of the molecule is COc1ccc(NC(=O)C2CCC(C(=O)NCc3ccccc3)CC2)c(OC)c1. The third-order valence-electron chi connectivity index (χ3n) is 5.44. The lowest BCUT2D eigenvalue weighted by atomic mass is 9.81. The maximum atomic E-state index is 12.7. The Morgan fingerprint density at radius 2 is 1.55 bits per heavy atom. The van der Waals surface area contributed by atoms with E-state index in [2.05, 4.69) is 10.6 Å². The third-order valence-corrected chi connectivity index (χ3v) is 5.44. The van der Waals surface area contributed by atoms with Crippen LogP contribution in [0.5, 0.6) is 11.5 Å². The first kappa shape index (κ1) is 20.7. The fourth-order valence-corrected chi connectivity index (χ4v) is 3.68. The van der Waals surface area contributed by atoms with Crippen LogP contribution in [0.15, 0.2) is 48.5 Å². The van der Waals surface area contributed by atoms with Gasteiger partial charge in [0.25, 0.3) is 0 Å². The highest BCUT2D eigenvalue weighted by Gasteiger charge is 2.30. The Balaban J connectivity index is 1.48. The fourth-order valence-electron chi connectivity index (χ4n) is 3.68. The molecule has 2 amide bonds. The minimum atomic E-state index is -0.0972. The second-order valence-electron chi connectivity index (χ2n) is 7.31. The van der Waals surface area contributed by atoms with Crippen LogP contribution in [-0.2, 0) is 16.1 Å². The molecule has 0 radical (unpaired) electrons. The van der Waals surface area contributed by atoms with E-state index in [0.717, 1.165) is 18.4 Å². The molecule has 6 nitrogen and oxygen atoms in total. The van der Waals surface area contributed by atoms with Gasteiger partial charge in [0, 0.05) is 24.4 Å². The molecule has 0 spiro atoms. The van der Waals surface area contributed by atoms with Gasteiger partial charge >= 0.3 is 0 Å². The minimum absolute atomic E-state index is 0.0294. The molecule has 2 aromatic rings. The van der Waals surface area contributed by atoms with Crippen molar-refractivity contribution < 1.29 is 19.1 Å². The number of anilines is 1. The van der Waals surface area contributed by atoms with Crippen molar-refractivity contribution in [2.75, 3.05) is 19.5 Å². The topological polar surface area (TPSA) is 76.7 Å². The zero-order chi connectivity index (χ0) is 20.6. The summed E-state index contributed by atoms with van der Waals surface area (Å²) < 4.78 is 10.5. The van der Waals surface area contributed by atoms with Gasteiger partial charge in [0.1, 0.15) is 11.5 Å². The molecule has 0 heterocycles. The van der Waals surface area contributed by atoms with Gasteiger partial charge in [-0.2, -0.15) is 0 Å². The first-order chi connectivity index (χ1) is 14.1. The Morgan fingerprint density at radius 3 is 2.17 bits per heavy atom. The van der Waals surface area contributed by atoms with Crippen LogP contribution in [0.3, 0.4) is 0 Å². The lowest BCUT2D eigenvalue weighted by molar-refractivity contribution is -0.128. The van der Waals surface area contributed by atoms with Crippen molar-refractivity contribution in [3.63, 3.8) is 0 Å². The van der Waals surface area contributed by atoms with Crippen LogP contribution in [0.25, 0.3) is 0 Å². The maximum Gasteiger partial charge on any atom is 0.227 e. The number of benzene rings is 2. The van der Waals surface area contributed by atoms with Crippen molar-refractivity contribution in [3.05, 3.63) is 54.1 Å². The van der Waals surface area contributed by atoms with E-state index in [0.29, 0.717) is 36.6 Å². The normalized spacial score (nSPS) is 18.6. The number of rotatable bonds is 7. The van der Waals surface area contributed by atoms with E-state index >= 15 is 0 Å². The molecular formula is C23H28N2O4. The summed E-state index contributed by atoms with van der Waals surface area (Å²) in [7, 11) is 3.14. The zero-order valence-corrected chi connectivity index (χ0v) is 16.9. The van der Waals surface area contributed by atoms with E-state index in [-0.39, 0.29) is 23.7 Å². The Kier molecular flexibility index (Phi) is 7.11. The molecule has 3 rings (SSSR count). The monoisotopic (exact) mass is 396 g/mol. The summed E-state index contributed by atoms with van der Waals surface area (Å²) in [5, 5.41) is 5.96. The number of ether oxygens (including phenoxy) is 2. The predicted octanol–water partition coefficient (Wildman–Crippen LogP) is 3.77. The van der Waals surface area contributed by atoms with Crippen LogP contribution < -0.4 is 20.1 Å². The number of carbonyl (C=O) groups is 2. The molecular weight excluding hydrogens is 368 g/mol. The Morgan fingerprint density at radius 1 is 0.897 bits per heavy atom. The van der Waals surface area contributed by atoms with E-state index in [4.69, 9.17) is 9.47 Å². The van der Waals surface area contributed by atoms with Crippen LogP contribution in [0.4, 0.5) is 5.69 Å². The molecule has 29 heavy (non-hydrogen) atoms. The molecule has 0 bridgehead atoms. The van der Waals surface area contributed by atoms with Crippen LogP contribution >= 0.6 is 0 Å². The molecule has 0 saturated heterocycles. The average Bonchev–Trinajstić information content (AvgIpc) is 2.78. The molecule has 1 aliphatic carbocycles. The van der Waals surface area contributed by atoms with Crippen LogP contribution in [0.2, 0.25) is 0 Å². The quantitative estimate of drug-likeness (QED) is 0.747. The number of hydrogen-bond donors (Lipinski definition) is 2. The summed E-state index contributed by atoms with van der Waals surface area (Å²) in [5.74, 6) is 1.15. The molecule has 0 aromatic heterocycles. The van der Waals surface area contributed by atoms with Gasteiger partial charge in [0.2, 0.25) is 11.8 Å². The van der Waals surface area contributed by atoms with Crippen molar-refractivity contribution in [3.8, 4) is 11.5 Å².